The standard InChI is InChI=1S/C9H12ClN3O2S/c1-15-4-3-11-8(14)6-5-12-9(16-2)13-7(6)10/h5H,3-4H2,1-2H3,(H,11,14). The second-order valence-corrected chi connectivity index (χ2v) is 3.94. The molecule has 1 aromatic rings. The Bertz CT molecular complexity index is 376. The molecule has 0 aliphatic rings. The molecule has 1 heterocycles. The molecule has 1 rings (SSSR count). The third kappa shape index (κ3) is 3.62. The van der Waals surface area contributed by atoms with Crippen molar-refractivity contribution in [2.45, 2.75) is 5.16 Å². The number of thioether (sulfide) groups is 1. The van der Waals surface area contributed by atoms with Gasteiger partial charge < -0.3 is 10.1 Å². The summed E-state index contributed by atoms with van der Waals surface area (Å²) in [5.74, 6) is -0.297. The summed E-state index contributed by atoms with van der Waals surface area (Å²) in [5.41, 5.74) is 0.274. The Morgan fingerprint density at radius 2 is 2.44 bits per heavy atom. The fourth-order valence-corrected chi connectivity index (χ4v) is 1.56. The SMILES string of the molecule is COCCNC(=O)c1cnc(SC)nc1Cl. The maximum absolute atomic E-state index is 11.6. The van der Waals surface area contributed by atoms with Crippen LogP contribution in [-0.2, 0) is 4.74 Å². The molecule has 16 heavy (non-hydrogen) atoms. The molecule has 0 radical (unpaired) electrons. The molecule has 0 unspecified atom stereocenters. The number of carbonyl (C=O) groups is 1. The molecule has 0 spiro atoms. The van der Waals surface area contributed by atoms with Crippen LogP contribution < -0.4 is 5.32 Å². The number of ether oxygens (including phenoxy) is 1. The van der Waals surface area contributed by atoms with Crippen LogP contribution >= 0.6 is 23.4 Å². The second kappa shape index (κ2) is 6.67. The molecule has 0 fully saturated rings. The first-order valence-corrected chi connectivity index (χ1v) is 6.13. The number of hydrogen-bond donors (Lipinski definition) is 1. The van der Waals surface area contributed by atoms with Crippen LogP contribution in [0.2, 0.25) is 5.15 Å². The number of amides is 1. The second-order valence-electron chi connectivity index (χ2n) is 2.81. The predicted octanol–water partition coefficient (Wildman–Crippen LogP) is 1.23. The Balaban J connectivity index is 2.68. The van der Waals surface area contributed by atoms with Crippen molar-refractivity contribution in [3.63, 3.8) is 0 Å². The molecule has 5 nitrogen and oxygen atoms in total. The number of methoxy groups -OCH3 is 1. The summed E-state index contributed by atoms with van der Waals surface area (Å²) in [5, 5.41) is 3.34. The van der Waals surface area contributed by atoms with Crippen LogP contribution in [0.25, 0.3) is 0 Å². The first kappa shape index (κ1) is 13.2. The lowest BCUT2D eigenvalue weighted by atomic mass is 10.3. The summed E-state index contributed by atoms with van der Waals surface area (Å²) in [6, 6.07) is 0. The van der Waals surface area contributed by atoms with Crippen molar-refractivity contribution in [2.75, 3.05) is 26.5 Å². The van der Waals surface area contributed by atoms with E-state index in [4.69, 9.17) is 16.3 Å². The maximum atomic E-state index is 11.6. The van der Waals surface area contributed by atoms with Crippen molar-refractivity contribution in [3.05, 3.63) is 16.9 Å². The van der Waals surface area contributed by atoms with Crippen LogP contribution in [-0.4, -0.2) is 42.4 Å². The van der Waals surface area contributed by atoms with Gasteiger partial charge in [0, 0.05) is 19.9 Å². The van der Waals surface area contributed by atoms with Crippen molar-refractivity contribution in [2.24, 2.45) is 0 Å². The highest BCUT2D eigenvalue weighted by atomic mass is 35.5. The predicted molar refractivity (Wildman–Crippen MR) is 63.0 cm³/mol. The highest BCUT2D eigenvalue weighted by molar-refractivity contribution is 7.98. The summed E-state index contributed by atoms with van der Waals surface area (Å²) in [6.45, 7) is 0.878. The quantitative estimate of drug-likeness (QED) is 0.374. The fourth-order valence-electron chi connectivity index (χ4n) is 0.959. The number of nitrogens with one attached hydrogen (secondary N) is 1. The van der Waals surface area contributed by atoms with Crippen molar-refractivity contribution in [1.82, 2.24) is 15.3 Å². The Hall–Kier alpha value is -0.850. The molecule has 0 aliphatic heterocycles. The minimum absolute atomic E-state index is 0.161. The molecule has 0 bridgehead atoms. The first-order chi connectivity index (χ1) is 7.69. The van der Waals surface area contributed by atoms with Gasteiger partial charge in [-0.2, -0.15) is 0 Å². The number of nitrogens with zero attached hydrogens (tertiary/aromatic N) is 2. The van der Waals surface area contributed by atoms with Crippen LogP contribution in [0.15, 0.2) is 11.4 Å². The molecule has 1 amide bonds. The lowest BCUT2D eigenvalue weighted by Crippen LogP contribution is -2.27. The molecule has 1 aromatic heterocycles. The summed E-state index contributed by atoms with van der Waals surface area (Å²) >= 11 is 7.23. The van der Waals surface area contributed by atoms with E-state index in [2.05, 4.69) is 15.3 Å². The average molecular weight is 262 g/mol. The van der Waals surface area contributed by atoms with Gasteiger partial charge in [-0.1, -0.05) is 23.4 Å². The lowest BCUT2D eigenvalue weighted by molar-refractivity contribution is 0.0936. The van der Waals surface area contributed by atoms with Gasteiger partial charge in [-0.3, -0.25) is 4.79 Å². The highest BCUT2D eigenvalue weighted by Gasteiger charge is 2.12. The van der Waals surface area contributed by atoms with Gasteiger partial charge in [0.1, 0.15) is 5.15 Å². The molecular formula is C9H12ClN3O2S. The Labute approximate surface area is 103 Å². The van der Waals surface area contributed by atoms with Crippen molar-refractivity contribution < 1.29 is 9.53 Å². The van der Waals surface area contributed by atoms with E-state index < -0.39 is 0 Å². The Kier molecular flexibility index (Phi) is 5.51. The average Bonchev–Trinajstić information content (AvgIpc) is 2.29. The van der Waals surface area contributed by atoms with E-state index in [0.717, 1.165) is 0 Å². The van der Waals surface area contributed by atoms with Gasteiger partial charge in [0.05, 0.1) is 12.2 Å². The van der Waals surface area contributed by atoms with Crippen molar-refractivity contribution >= 4 is 29.3 Å². The number of halogens is 1. The molecule has 0 saturated heterocycles. The molecule has 7 heteroatoms. The lowest BCUT2D eigenvalue weighted by Gasteiger charge is -2.05. The molecule has 0 aromatic carbocycles. The zero-order valence-electron chi connectivity index (χ0n) is 8.99. The van der Waals surface area contributed by atoms with Gasteiger partial charge in [0.25, 0.3) is 5.91 Å². The molecule has 1 N–H and O–H groups in total. The highest BCUT2D eigenvalue weighted by Crippen LogP contribution is 2.16. The van der Waals surface area contributed by atoms with Gasteiger partial charge in [0.2, 0.25) is 0 Å². The molecular weight excluding hydrogens is 250 g/mol. The number of aromatic nitrogens is 2. The monoisotopic (exact) mass is 261 g/mol. The van der Waals surface area contributed by atoms with Crippen LogP contribution in [0.1, 0.15) is 10.4 Å². The summed E-state index contributed by atoms with van der Waals surface area (Å²) < 4.78 is 4.81. The van der Waals surface area contributed by atoms with E-state index in [0.29, 0.717) is 18.3 Å². The largest absolute Gasteiger partial charge is 0.383 e. The molecule has 0 aliphatic carbocycles. The van der Waals surface area contributed by atoms with Crippen LogP contribution in [0, 0.1) is 0 Å². The van der Waals surface area contributed by atoms with E-state index in [-0.39, 0.29) is 16.6 Å². The smallest absolute Gasteiger partial charge is 0.256 e. The first-order valence-electron chi connectivity index (χ1n) is 4.52. The number of rotatable bonds is 5. The maximum Gasteiger partial charge on any atom is 0.256 e. The van der Waals surface area contributed by atoms with E-state index in [1.54, 1.807) is 7.11 Å². The zero-order chi connectivity index (χ0) is 12.0. The third-order valence-electron chi connectivity index (χ3n) is 1.74. The summed E-state index contributed by atoms with van der Waals surface area (Å²) in [4.78, 5) is 19.6. The molecule has 88 valence electrons. The van der Waals surface area contributed by atoms with Crippen molar-refractivity contribution in [1.29, 1.82) is 0 Å². The number of hydrogen-bond acceptors (Lipinski definition) is 5. The van der Waals surface area contributed by atoms with Crippen LogP contribution in [0.3, 0.4) is 0 Å². The summed E-state index contributed by atoms with van der Waals surface area (Å²) in [7, 11) is 1.56. The molecule has 0 atom stereocenters. The van der Waals surface area contributed by atoms with Gasteiger partial charge >= 0.3 is 0 Å². The number of carbonyl (C=O) groups excluding carboxylic acids is 1. The third-order valence-corrected chi connectivity index (χ3v) is 2.59. The summed E-state index contributed by atoms with van der Waals surface area (Å²) in [6.07, 6.45) is 3.26. The van der Waals surface area contributed by atoms with E-state index in [1.165, 1.54) is 18.0 Å². The van der Waals surface area contributed by atoms with E-state index in [9.17, 15) is 4.79 Å². The Morgan fingerprint density at radius 1 is 1.69 bits per heavy atom. The van der Waals surface area contributed by atoms with E-state index >= 15 is 0 Å². The topological polar surface area (TPSA) is 64.1 Å². The van der Waals surface area contributed by atoms with Gasteiger partial charge in [-0.15, -0.1) is 0 Å². The van der Waals surface area contributed by atoms with Gasteiger partial charge in [0.15, 0.2) is 5.16 Å². The van der Waals surface area contributed by atoms with Gasteiger partial charge in [-0.25, -0.2) is 9.97 Å². The Morgan fingerprint density at radius 3 is 3.00 bits per heavy atom. The fraction of sp³-hybridized carbons (Fsp3) is 0.444. The minimum atomic E-state index is -0.297. The zero-order valence-corrected chi connectivity index (χ0v) is 10.6. The van der Waals surface area contributed by atoms with Crippen LogP contribution in [0.5, 0.6) is 0 Å². The minimum Gasteiger partial charge on any atom is -0.383 e. The normalized spacial score (nSPS) is 10.2. The van der Waals surface area contributed by atoms with Crippen molar-refractivity contribution in [3.8, 4) is 0 Å². The van der Waals surface area contributed by atoms with E-state index in [1.807, 2.05) is 6.26 Å². The van der Waals surface area contributed by atoms with Gasteiger partial charge in [-0.05, 0) is 6.26 Å². The molecule has 0 saturated carbocycles. The van der Waals surface area contributed by atoms with Crippen LogP contribution in [0.4, 0.5) is 0 Å².